The van der Waals surface area contributed by atoms with Crippen molar-refractivity contribution in [1.29, 1.82) is 0 Å². The number of ketones is 1. The molecule has 0 unspecified atom stereocenters. The standard InChI is InChI=1S/C10H6ClF3O2/c1-5(16)7-2-6(4-15)3-8(11)9(7)10(12,13)14/h2-4H,1H3. The van der Waals surface area contributed by atoms with Crippen molar-refractivity contribution in [3.63, 3.8) is 0 Å². The molecule has 16 heavy (non-hydrogen) atoms. The molecule has 0 aliphatic heterocycles. The van der Waals surface area contributed by atoms with E-state index in [-0.39, 0.29) is 5.56 Å². The van der Waals surface area contributed by atoms with Crippen molar-refractivity contribution in [2.24, 2.45) is 0 Å². The number of rotatable bonds is 2. The highest BCUT2D eigenvalue weighted by atomic mass is 35.5. The van der Waals surface area contributed by atoms with E-state index >= 15 is 0 Å². The largest absolute Gasteiger partial charge is 0.418 e. The zero-order valence-corrected chi connectivity index (χ0v) is 8.82. The van der Waals surface area contributed by atoms with Crippen LogP contribution in [-0.2, 0) is 6.18 Å². The average molecular weight is 251 g/mol. The van der Waals surface area contributed by atoms with E-state index in [2.05, 4.69) is 0 Å². The van der Waals surface area contributed by atoms with Crippen LogP contribution < -0.4 is 0 Å². The van der Waals surface area contributed by atoms with Crippen molar-refractivity contribution in [2.45, 2.75) is 13.1 Å². The van der Waals surface area contributed by atoms with Crippen LogP contribution in [0.1, 0.15) is 33.2 Å². The number of benzene rings is 1. The molecule has 0 aliphatic carbocycles. The van der Waals surface area contributed by atoms with E-state index in [1.807, 2.05) is 0 Å². The van der Waals surface area contributed by atoms with Crippen LogP contribution in [0.5, 0.6) is 0 Å². The normalized spacial score (nSPS) is 11.3. The molecule has 0 heterocycles. The minimum absolute atomic E-state index is 0.0665. The number of Topliss-reactive ketones (excluding diaryl/α,β-unsaturated/α-hetero) is 1. The molecule has 1 aromatic carbocycles. The van der Waals surface area contributed by atoms with Crippen molar-refractivity contribution in [3.8, 4) is 0 Å². The maximum Gasteiger partial charge on any atom is 0.418 e. The van der Waals surface area contributed by atoms with Crippen molar-refractivity contribution in [3.05, 3.63) is 33.8 Å². The summed E-state index contributed by atoms with van der Waals surface area (Å²) in [5, 5.41) is -0.651. The summed E-state index contributed by atoms with van der Waals surface area (Å²) < 4.78 is 37.7. The molecule has 0 spiro atoms. The lowest BCUT2D eigenvalue weighted by Gasteiger charge is -2.13. The summed E-state index contributed by atoms with van der Waals surface area (Å²) in [5.41, 5.74) is -1.86. The fourth-order valence-electron chi connectivity index (χ4n) is 1.26. The maximum atomic E-state index is 12.6. The summed E-state index contributed by atoms with van der Waals surface area (Å²) in [4.78, 5) is 21.5. The molecule has 86 valence electrons. The second kappa shape index (κ2) is 4.25. The molecule has 6 heteroatoms. The Morgan fingerprint density at radius 3 is 2.31 bits per heavy atom. The number of aldehydes is 1. The Morgan fingerprint density at radius 2 is 1.94 bits per heavy atom. The molecule has 0 radical (unpaired) electrons. The lowest BCUT2D eigenvalue weighted by atomic mass is 10.0. The molecule has 0 aromatic heterocycles. The number of carbonyl (C=O) groups excluding carboxylic acids is 2. The summed E-state index contributed by atoms with van der Waals surface area (Å²) in [6.07, 6.45) is -4.39. The van der Waals surface area contributed by atoms with E-state index in [0.717, 1.165) is 19.1 Å². The third kappa shape index (κ3) is 2.41. The van der Waals surface area contributed by atoms with Crippen LogP contribution in [0.3, 0.4) is 0 Å². The molecule has 0 saturated heterocycles. The molecule has 0 atom stereocenters. The van der Waals surface area contributed by atoms with Crippen LogP contribution in [0, 0.1) is 0 Å². The molecular weight excluding hydrogens is 245 g/mol. The minimum atomic E-state index is -4.72. The molecule has 2 nitrogen and oxygen atoms in total. The summed E-state index contributed by atoms with van der Waals surface area (Å²) in [6.45, 7) is 0.982. The summed E-state index contributed by atoms with van der Waals surface area (Å²) in [5.74, 6) is -0.794. The number of hydrogen-bond donors (Lipinski definition) is 0. The third-order valence-electron chi connectivity index (χ3n) is 1.91. The van der Waals surface area contributed by atoms with Crippen molar-refractivity contribution in [2.75, 3.05) is 0 Å². The second-order valence-electron chi connectivity index (χ2n) is 3.10. The Balaban J connectivity index is 3.59. The summed E-state index contributed by atoms with van der Waals surface area (Å²) in [6, 6.07) is 1.76. The Hall–Kier alpha value is -1.36. The first-order valence-electron chi connectivity index (χ1n) is 4.14. The van der Waals surface area contributed by atoms with Crippen molar-refractivity contribution in [1.82, 2.24) is 0 Å². The van der Waals surface area contributed by atoms with Gasteiger partial charge in [0, 0.05) is 11.1 Å². The fraction of sp³-hybridized carbons (Fsp3) is 0.200. The van der Waals surface area contributed by atoms with Gasteiger partial charge in [0.1, 0.15) is 6.29 Å². The molecule has 0 bridgehead atoms. The monoisotopic (exact) mass is 250 g/mol. The first-order valence-corrected chi connectivity index (χ1v) is 4.52. The van der Waals surface area contributed by atoms with Gasteiger partial charge in [0.2, 0.25) is 0 Å². The molecule has 0 N–H and O–H groups in total. The van der Waals surface area contributed by atoms with Gasteiger partial charge in [-0.25, -0.2) is 0 Å². The Bertz CT molecular complexity index is 452. The van der Waals surface area contributed by atoms with Gasteiger partial charge in [0.15, 0.2) is 5.78 Å². The van der Waals surface area contributed by atoms with E-state index < -0.39 is 28.1 Å². The van der Waals surface area contributed by atoms with Gasteiger partial charge in [0.25, 0.3) is 0 Å². The van der Waals surface area contributed by atoms with Gasteiger partial charge in [-0.1, -0.05) is 11.6 Å². The molecule has 0 aliphatic rings. The predicted octanol–water partition coefficient (Wildman–Crippen LogP) is 3.37. The number of carbonyl (C=O) groups is 2. The topological polar surface area (TPSA) is 34.1 Å². The van der Waals surface area contributed by atoms with Gasteiger partial charge in [-0.05, 0) is 19.1 Å². The highest BCUT2D eigenvalue weighted by molar-refractivity contribution is 6.32. The van der Waals surface area contributed by atoms with Crippen molar-refractivity contribution >= 4 is 23.7 Å². The Kier molecular flexibility index (Phi) is 3.38. The highest BCUT2D eigenvalue weighted by Gasteiger charge is 2.37. The Morgan fingerprint density at radius 1 is 1.38 bits per heavy atom. The smallest absolute Gasteiger partial charge is 0.298 e. The van der Waals surface area contributed by atoms with Crippen LogP contribution in [0.4, 0.5) is 13.2 Å². The van der Waals surface area contributed by atoms with Crippen molar-refractivity contribution < 1.29 is 22.8 Å². The van der Waals surface area contributed by atoms with E-state index in [1.54, 1.807) is 0 Å². The number of halogens is 4. The maximum absolute atomic E-state index is 12.6. The molecular formula is C10H6ClF3O2. The highest BCUT2D eigenvalue weighted by Crippen LogP contribution is 2.37. The summed E-state index contributed by atoms with van der Waals surface area (Å²) >= 11 is 5.41. The van der Waals surface area contributed by atoms with E-state index in [0.29, 0.717) is 6.29 Å². The fourth-order valence-corrected chi connectivity index (χ4v) is 1.60. The van der Waals surface area contributed by atoms with Crippen LogP contribution >= 0.6 is 11.6 Å². The molecule has 1 aromatic rings. The average Bonchev–Trinajstić information content (AvgIpc) is 2.14. The van der Waals surface area contributed by atoms with Crippen LogP contribution in [-0.4, -0.2) is 12.1 Å². The Labute approximate surface area is 94.0 Å². The van der Waals surface area contributed by atoms with Gasteiger partial charge in [0.05, 0.1) is 10.6 Å². The second-order valence-corrected chi connectivity index (χ2v) is 3.50. The zero-order valence-electron chi connectivity index (χ0n) is 8.06. The predicted molar refractivity (Wildman–Crippen MR) is 51.8 cm³/mol. The third-order valence-corrected chi connectivity index (χ3v) is 2.21. The van der Waals surface area contributed by atoms with E-state index in [1.165, 1.54) is 0 Å². The van der Waals surface area contributed by atoms with E-state index in [9.17, 15) is 22.8 Å². The summed E-state index contributed by atoms with van der Waals surface area (Å²) in [7, 11) is 0. The molecule has 0 amide bonds. The lowest BCUT2D eigenvalue weighted by molar-refractivity contribution is -0.137. The van der Waals surface area contributed by atoms with E-state index in [4.69, 9.17) is 11.6 Å². The van der Waals surface area contributed by atoms with Crippen LogP contribution in [0.25, 0.3) is 0 Å². The SMILES string of the molecule is CC(=O)c1cc(C=O)cc(Cl)c1C(F)(F)F. The molecule has 0 fully saturated rings. The number of hydrogen-bond acceptors (Lipinski definition) is 2. The van der Waals surface area contributed by atoms with Crippen LogP contribution in [0.2, 0.25) is 5.02 Å². The quantitative estimate of drug-likeness (QED) is 0.596. The molecule has 1 rings (SSSR count). The van der Waals surface area contributed by atoms with Gasteiger partial charge in [-0.3, -0.25) is 9.59 Å². The number of alkyl halides is 3. The minimum Gasteiger partial charge on any atom is -0.298 e. The molecule has 0 saturated carbocycles. The first kappa shape index (κ1) is 12.7. The van der Waals surface area contributed by atoms with Gasteiger partial charge in [-0.2, -0.15) is 13.2 Å². The zero-order chi connectivity index (χ0) is 12.5. The van der Waals surface area contributed by atoms with Gasteiger partial charge < -0.3 is 0 Å². The van der Waals surface area contributed by atoms with Crippen LogP contribution in [0.15, 0.2) is 12.1 Å². The lowest BCUT2D eigenvalue weighted by Crippen LogP contribution is -2.13. The first-order chi connectivity index (χ1) is 7.27. The van der Waals surface area contributed by atoms with Gasteiger partial charge >= 0.3 is 6.18 Å². The van der Waals surface area contributed by atoms with Gasteiger partial charge in [-0.15, -0.1) is 0 Å².